The number of hydrogen-bond acceptors (Lipinski definition) is 2. The second-order valence-electron chi connectivity index (χ2n) is 9.08. The summed E-state index contributed by atoms with van der Waals surface area (Å²) in [6.45, 7) is 0.889. The molecule has 0 spiro atoms. The first-order chi connectivity index (χ1) is 12.7. The van der Waals surface area contributed by atoms with Crippen LogP contribution in [-0.2, 0) is 12.0 Å². The molecule has 0 heterocycles. The van der Waals surface area contributed by atoms with Gasteiger partial charge in [-0.1, -0.05) is 24.3 Å². The van der Waals surface area contributed by atoms with Gasteiger partial charge in [0, 0.05) is 25.0 Å². The first-order valence-corrected chi connectivity index (χ1v) is 10.3. The Morgan fingerprint density at radius 3 is 1.85 bits per heavy atom. The minimum Gasteiger partial charge on any atom is -0.388 e. The monoisotopic (exact) mass is 346 g/mol. The second-order valence-corrected chi connectivity index (χ2v) is 9.08. The van der Waals surface area contributed by atoms with Crippen molar-refractivity contribution in [2.45, 2.75) is 50.5 Å². The lowest BCUT2D eigenvalue weighted by molar-refractivity contribution is -0.00519. The summed E-state index contributed by atoms with van der Waals surface area (Å²) < 4.78 is 0. The first-order valence-electron chi connectivity index (χ1n) is 10.3. The molecule has 0 amide bonds. The Labute approximate surface area is 157 Å². The molecule has 4 aliphatic carbocycles. The van der Waals surface area contributed by atoms with Gasteiger partial charge in [0.05, 0.1) is 0 Å². The SMILES string of the molecule is CNc1ccc(NCc2ccc(C34CC5CC(CC(C5)C3)C4)cc2)cc1. The van der Waals surface area contributed by atoms with Gasteiger partial charge in [0.2, 0.25) is 0 Å². The maximum absolute atomic E-state index is 3.54. The van der Waals surface area contributed by atoms with Crippen LogP contribution in [0.15, 0.2) is 48.5 Å². The van der Waals surface area contributed by atoms with Crippen LogP contribution in [-0.4, -0.2) is 7.05 Å². The lowest BCUT2D eigenvalue weighted by atomic mass is 9.48. The maximum Gasteiger partial charge on any atom is 0.0400 e. The van der Waals surface area contributed by atoms with Gasteiger partial charge in [-0.15, -0.1) is 0 Å². The van der Waals surface area contributed by atoms with E-state index in [2.05, 4.69) is 59.2 Å². The fourth-order valence-electron chi connectivity index (χ4n) is 6.40. The van der Waals surface area contributed by atoms with E-state index in [1.807, 2.05) is 7.05 Å². The highest BCUT2D eigenvalue weighted by atomic mass is 14.9. The predicted octanol–water partition coefficient (Wildman–Crippen LogP) is 5.81. The number of hydrogen-bond donors (Lipinski definition) is 2. The van der Waals surface area contributed by atoms with Crippen LogP contribution >= 0.6 is 0 Å². The number of anilines is 2. The lowest BCUT2D eigenvalue weighted by Crippen LogP contribution is -2.48. The summed E-state index contributed by atoms with van der Waals surface area (Å²) >= 11 is 0. The van der Waals surface area contributed by atoms with Gasteiger partial charge in [-0.2, -0.15) is 0 Å². The summed E-state index contributed by atoms with van der Waals surface area (Å²) in [5.74, 6) is 3.05. The van der Waals surface area contributed by atoms with Gasteiger partial charge in [0.1, 0.15) is 0 Å². The molecular weight excluding hydrogens is 316 g/mol. The van der Waals surface area contributed by atoms with E-state index in [9.17, 15) is 0 Å². The second kappa shape index (κ2) is 6.33. The molecule has 0 atom stereocenters. The number of benzene rings is 2. The molecule has 26 heavy (non-hydrogen) atoms. The zero-order valence-corrected chi connectivity index (χ0v) is 15.8. The molecule has 0 aromatic heterocycles. The van der Waals surface area contributed by atoms with Crippen molar-refractivity contribution in [2.24, 2.45) is 17.8 Å². The van der Waals surface area contributed by atoms with Crippen LogP contribution < -0.4 is 10.6 Å². The van der Waals surface area contributed by atoms with E-state index >= 15 is 0 Å². The molecule has 2 heteroatoms. The first kappa shape index (κ1) is 16.2. The molecule has 136 valence electrons. The molecule has 0 saturated heterocycles. The molecule has 6 rings (SSSR count). The van der Waals surface area contributed by atoms with Crippen molar-refractivity contribution in [3.05, 3.63) is 59.7 Å². The highest BCUT2D eigenvalue weighted by molar-refractivity contribution is 5.53. The number of rotatable bonds is 5. The van der Waals surface area contributed by atoms with Gasteiger partial charge in [0.25, 0.3) is 0 Å². The third-order valence-electron chi connectivity index (χ3n) is 7.27. The van der Waals surface area contributed by atoms with Gasteiger partial charge >= 0.3 is 0 Å². The van der Waals surface area contributed by atoms with E-state index in [0.29, 0.717) is 5.41 Å². The van der Waals surface area contributed by atoms with E-state index in [-0.39, 0.29) is 0 Å². The fraction of sp³-hybridized carbons (Fsp3) is 0.500. The van der Waals surface area contributed by atoms with Gasteiger partial charge in [-0.3, -0.25) is 0 Å². The maximum atomic E-state index is 3.54. The van der Waals surface area contributed by atoms with E-state index < -0.39 is 0 Å². The topological polar surface area (TPSA) is 24.1 Å². The third-order valence-corrected chi connectivity index (χ3v) is 7.27. The Bertz CT molecular complexity index is 725. The average molecular weight is 347 g/mol. The van der Waals surface area contributed by atoms with Crippen LogP contribution in [0.25, 0.3) is 0 Å². The molecule has 2 nitrogen and oxygen atoms in total. The van der Waals surface area contributed by atoms with E-state index in [1.165, 1.54) is 49.8 Å². The van der Waals surface area contributed by atoms with Crippen molar-refractivity contribution in [3.63, 3.8) is 0 Å². The Hall–Kier alpha value is -1.96. The summed E-state index contributed by atoms with van der Waals surface area (Å²) in [7, 11) is 1.95. The summed E-state index contributed by atoms with van der Waals surface area (Å²) in [4.78, 5) is 0. The Kier molecular flexibility index (Phi) is 3.95. The quantitative estimate of drug-likeness (QED) is 0.714. The molecule has 2 aromatic rings. The molecule has 4 aliphatic rings. The smallest absolute Gasteiger partial charge is 0.0400 e. The predicted molar refractivity (Wildman–Crippen MR) is 110 cm³/mol. The molecule has 2 N–H and O–H groups in total. The molecule has 4 saturated carbocycles. The molecule has 0 radical (unpaired) electrons. The van der Waals surface area contributed by atoms with Gasteiger partial charge in [-0.05, 0) is 97.1 Å². The highest BCUT2D eigenvalue weighted by Crippen LogP contribution is 2.60. The Morgan fingerprint density at radius 1 is 0.769 bits per heavy atom. The van der Waals surface area contributed by atoms with Crippen LogP contribution in [0, 0.1) is 17.8 Å². The summed E-state index contributed by atoms with van der Waals surface area (Å²) in [5, 5.41) is 6.70. The summed E-state index contributed by atoms with van der Waals surface area (Å²) in [6.07, 6.45) is 8.92. The van der Waals surface area contributed by atoms with Gasteiger partial charge in [0.15, 0.2) is 0 Å². The zero-order valence-electron chi connectivity index (χ0n) is 15.8. The largest absolute Gasteiger partial charge is 0.388 e. The van der Waals surface area contributed by atoms with E-state index in [1.54, 1.807) is 5.56 Å². The van der Waals surface area contributed by atoms with Crippen LogP contribution in [0.3, 0.4) is 0 Å². The minimum atomic E-state index is 0.518. The zero-order chi connectivity index (χ0) is 17.6. The number of nitrogens with one attached hydrogen (secondary N) is 2. The lowest BCUT2D eigenvalue weighted by Gasteiger charge is -2.57. The standard InChI is InChI=1S/C24H30N2/c1-25-22-6-8-23(9-7-22)26-16-17-2-4-21(5-3-17)24-13-18-10-19(14-24)12-20(11-18)15-24/h2-9,18-20,25-26H,10-16H2,1H3. The van der Waals surface area contributed by atoms with Crippen molar-refractivity contribution in [2.75, 3.05) is 17.7 Å². The molecule has 0 aliphatic heterocycles. The van der Waals surface area contributed by atoms with Crippen molar-refractivity contribution in [1.82, 2.24) is 0 Å². The van der Waals surface area contributed by atoms with Crippen molar-refractivity contribution < 1.29 is 0 Å². The normalized spacial score (nSPS) is 31.8. The van der Waals surface area contributed by atoms with Crippen molar-refractivity contribution in [1.29, 1.82) is 0 Å². The Balaban J connectivity index is 1.27. The van der Waals surface area contributed by atoms with Gasteiger partial charge in [-0.25, -0.2) is 0 Å². The molecule has 4 bridgehead atoms. The van der Waals surface area contributed by atoms with Crippen LogP contribution in [0.2, 0.25) is 0 Å². The Morgan fingerprint density at radius 2 is 1.31 bits per heavy atom. The molecule has 4 fully saturated rings. The van der Waals surface area contributed by atoms with E-state index in [4.69, 9.17) is 0 Å². The molecule has 2 aromatic carbocycles. The minimum absolute atomic E-state index is 0.518. The molecular formula is C24H30N2. The third kappa shape index (κ3) is 2.90. The average Bonchev–Trinajstić information content (AvgIpc) is 2.66. The van der Waals surface area contributed by atoms with Gasteiger partial charge < -0.3 is 10.6 Å². The van der Waals surface area contributed by atoms with Crippen molar-refractivity contribution in [3.8, 4) is 0 Å². The molecule has 0 unspecified atom stereocenters. The highest BCUT2D eigenvalue weighted by Gasteiger charge is 2.51. The van der Waals surface area contributed by atoms with Crippen LogP contribution in [0.4, 0.5) is 11.4 Å². The summed E-state index contributed by atoms with van der Waals surface area (Å²) in [6, 6.07) is 18.1. The summed E-state index contributed by atoms with van der Waals surface area (Å²) in [5.41, 5.74) is 5.84. The van der Waals surface area contributed by atoms with Crippen molar-refractivity contribution >= 4 is 11.4 Å². The fourth-order valence-corrected chi connectivity index (χ4v) is 6.40. The van der Waals surface area contributed by atoms with E-state index in [0.717, 1.165) is 30.0 Å². The van der Waals surface area contributed by atoms with Crippen LogP contribution in [0.1, 0.15) is 49.7 Å². The van der Waals surface area contributed by atoms with Crippen LogP contribution in [0.5, 0.6) is 0 Å².